The molecule has 1 fully saturated rings. The second-order valence-corrected chi connectivity index (χ2v) is 6.50. The largest absolute Gasteiger partial charge is 0.470 e. The van der Waals surface area contributed by atoms with E-state index in [1.807, 2.05) is 24.3 Å². The lowest BCUT2D eigenvalue weighted by atomic mass is 10.1. The molecule has 1 aromatic heterocycles. The minimum absolute atomic E-state index is 0.145. The molecule has 9 heteroatoms. The zero-order valence-electron chi connectivity index (χ0n) is 15.1. The molecule has 1 saturated heterocycles. The van der Waals surface area contributed by atoms with Gasteiger partial charge in [0.05, 0.1) is 6.54 Å². The smallest absolute Gasteiger partial charge is 0.317 e. The third-order valence-electron chi connectivity index (χ3n) is 4.59. The first-order valence-electron chi connectivity index (χ1n) is 9.02. The summed E-state index contributed by atoms with van der Waals surface area (Å²) in [6, 6.07) is 7.40. The highest BCUT2D eigenvalue weighted by Crippen LogP contribution is 2.32. The van der Waals surface area contributed by atoms with Crippen LogP contribution in [-0.2, 0) is 6.54 Å². The van der Waals surface area contributed by atoms with Crippen LogP contribution in [0.5, 0.6) is 17.4 Å². The summed E-state index contributed by atoms with van der Waals surface area (Å²) in [6.07, 6.45) is 4.29. The molecule has 0 saturated carbocycles. The summed E-state index contributed by atoms with van der Waals surface area (Å²) in [7, 11) is 0. The SMILES string of the molecule is N#Cc1nccnc1O[C@H]1CCCN(C(=O)NCc2ccc3c(c2)OCO3)C1. The molecule has 2 aliphatic rings. The van der Waals surface area contributed by atoms with Gasteiger partial charge in [-0.3, -0.25) is 0 Å². The Hall–Kier alpha value is -3.54. The van der Waals surface area contributed by atoms with Gasteiger partial charge < -0.3 is 24.4 Å². The van der Waals surface area contributed by atoms with E-state index in [4.69, 9.17) is 19.5 Å². The Morgan fingerprint density at radius 3 is 3.07 bits per heavy atom. The Balaban J connectivity index is 1.32. The number of hydrogen-bond acceptors (Lipinski definition) is 7. The van der Waals surface area contributed by atoms with Crippen molar-refractivity contribution in [1.82, 2.24) is 20.2 Å². The fraction of sp³-hybridized carbons (Fsp3) is 0.368. The number of piperidine rings is 1. The molecule has 1 N–H and O–H groups in total. The van der Waals surface area contributed by atoms with Crippen molar-refractivity contribution in [2.45, 2.75) is 25.5 Å². The third kappa shape index (κ3) is 3.91. The fourth-order valence-electron chi connectivity index (χ4n) is 3.21. The van der Waals surface area contributed by atoms with Crippen molar-refractivity contribution in [2.24, 2.45) is 0 Å². The Morgan fingerprint density at radius 1 is 1.32 bits per heavy atom. The number of nitrogens with zero attached hydrogens (tertiary/aromatic N) is 4. The van der Waals surface area contributed by atoms with Crippen molar-refractivity contribution in [3.8, 4) is 23.4 Å². The minimum Gasteiger partial charge on any atom is -0.470 e. The summed E-state index contributed by atoms with van der Waals surface area (Å²) >= 11 is 0. The number of nitrogens with one attached hydrogen (secondary N) is 1. The summed E-state index contributed by atoms with van der Waals surface area (Å²) in [4.78, 5) is 22.3. The van der Waals surface area contributed by atoms with E-state index >= 15 is 0 Å². The van der Waals surface area contributed by atoms with Gasteiger partial charge in [-0.05, 0) is 30.5 Å². The van der Waals surface area contributed by atoms with Gasteiger partial charge in [0.25, 0.3) is 5.88 Å². The van der Waals surface area contributed by atoms with Crippen LogP contribution in [0.25, 0.3) is 0 Å². The van der Waals surface area contributed by atoms with Gasteiger partial charge in [-0.25, -0.2) is 14.8 Å². The highest BCUT2D eigenvalue weighted by molar-refractivity contribution is 5.74. The maximum absolute atomic E-state index is 12.5. The molecular formula is C19H19N5O4. The van der Waals surface area contributed by atoms with E-state index in [1.54, 1.807) is 4.90 Å². The van der Waals surface area contributed by atoms with Crippen LogP contribution in [0.3, 0.4) is 0 Å². The molecule has 0 spiro atoms. The van der Waals surface area contributed by atoms with Gasteiger partial charge >= 0.3 is 6.03 Å². The number of likely N-dealkylation sites (tertiary alicyclic amines) is 1. The molecule has 0 unspecified atom stereocenters. The number of amides is 2. The summed E-state index contributed by atoms with van der Waals surface area (Å²) in [5, 5.41) is 12.0. The maximum atomic E-state index is 12.5. The first-order chi connectivity index (χ1) is 13.7. The number of rotatable bonds is 4. The van der Waals surface area contributed by atoms with Crippen molar-refractivity contribution in [1.29, 1.82) is 5.26 Å². The Bertz CT molecular complexity index is 913. The molecule has 4 rings (SSSR count). The second kappa shape index (κ2) is 8.00. The first-order valence-corrected chi connectivity index (χ1v) is 9.02. The van der Waals surface area contributed by atoms with Crippen LogP contribution in [0.1, 0.15) is 24.1 Å². The predicted molar refractivity (Wildman–Crippen MR) is 96.8 cm³/mol. The number of urea groups is 1. The molecular weight excluding hydrogens is 362 g/mol. The second-order valence-electron chi connectivity index (χ2n) is 6.50. The molecule has 1 aromatic carbocycles. The van der Waals surface area contributed by atoms with Crippen LogP contribution in [0.2, 0.25) is 0 Å². The molecule has 2 aromatic rings. The van der Waals surface area contributed by atoms with E-state index in [-0.39, 0.29) is 30.5 Å². The lowest BCUT2D eigenvalue weighted by Gasteiger charge is -2.32. The van der Waals surface area contributed by atoms with Crippen molar-refractivity contribution in [3.63, 3.8) is 0 Å². The van der Waals surface area contributed by atoms with Crippen molar-refractivity contribution >= 4 is 6.03 Å². The Labute approximate surface area is 161 Å². The van der Waals surface area contributed by atoms with Crippen LogP contribution >= 0.6 is 0 Å². The topological polar surface area (TPSA) is 110 Å². The zero-order valence-corrected chi connectivity index (χ0v) is 15.1. The molecule has 2 amide bonds. The van der Waals surface area contributed by atoms with Crippen LogP contribution < -0.4 is 19.5 Å². The van der Waals surface area contributed by atoms with E-state index in [1.165, 1.54) is 12.4 Å². The van der Waals surface area contributed by atoms with Gasteiger partial charge in [0.1, 0.15) is 12.2 Å². The third-order valence-corrected chi connectivity index (χ3v) is 4.59. The highest BCUT2D eigenvalue weighted by Gasteiger charge is 2.26. The number of carbonyl (C=O) groups excluding carboxylic acids is 1. The minimum atomic E-state index is -0.228. The van der Waals surface area contributed by atoms with E-state index in [2.05, 4.69) is 15.3 Å². The van der Waals surface area contributed by atoms with Gasteiger partial charge in [-0.15, -0.1) is 0 Å². The van der Waals surface area contributed by atoms with Crippen LogP contribution in [0, 0.1) is 11.3 Å². The van der Waals surface area contributed by atoms with Gasteiger partial charge in [0.2, 0.25) is 12.5 Å². The number of hydrogen-bond donors (Lipinski definition) is 1. The number of ether oxygens (including phenoxy) is 3. The van der Waals surface area contributed by atoms with E-state index in [0.717, 1.165) is 18.4 Å². The van der Waals surface area contributed by atoms with E-state index < -0.39 is 0 Å². The number of benzene rings is 1. The molecule has 28 heavy (non-hydrogen) atoms. The number of aromatic nitrogens is 2. The number of fused-ring (bicyclic) bond motifs is 1. The average molecular weight is 381 g/mol. The lowest BCUT2D eigenvalue weighted by Crippen LogP contribution is -2.48. The lowest BCUT2D eigenvalue weighted by molar-refractivity contribution is 0.0971. The molecule has 3 heterocycles. The Kier molecular flexibility index (Phi) is 5.10. The quantitative estimate of drug-likeness (QED) is 0.860. The monoisotopic (exact) mass is 381 g/mol. The normalized spacial score (nSPS) is 17.7. The predicted octanol–water partition coefficient (Wildman–Crippen LogP) is 1.83. The summed E-state index contributed by atoms with van der Waals surface area (Å²) in [6.45, 7) is 1.69. The summed E-state index contributed by atoms with van der Waals surface area (Å²) in [5.41, 5.74) is 1.08. The summed E-state index contributed by atoms with van der Waals surface area (Å²) in [5.74, 6) is 1.61. The maximum Gasteiger partial charge on any atom is 0.317 e. The Morgan fingerprint density at radius 2 is 2.18 bits per heavy atom. The fourth-order valence-corrected chi connectivity index (χ4v) is 3.21. The van der Waals surface area contributed by atoms with Gasteiger partial charge in [-0.1, -0.05) is 6.07 Å². The highest BCUT2D eigenvalue weighted by atomic mass is 16.7. The van der Waals surface area contributed by atoms with E-state index in [9.17, 15) is 4.79 Å². The molecule has 9 nitrogen and oxygen atoms in total. The molecule has 0 radical (unpaired) electrons. The first kappa shape index (κ1) is 17.9. The van der Waals surface area contributed by atoms with Gasteiger partial charge in [0.15, 0.2) is 11.5 Å². The van der Waals surface area contributed by atoms with Crippen LogP contribution in [-0.4, -0.2) is 46.9 Å². The van der Waals surface area contributed by atoms with Crippen molar-refractivity contribution in [2.75, 3.05) is 19.9 Å². The average Bonchev–Trinajstić information content (AvgIpc) is 3.20. The molecule has 1 atom stereocenters. The number of carbonyl (C=O) groups is 1. The number of nitriles is 1. The van der Waals surface area contributed by atoms with Gasteiger partial charge in [0, 0.05) is 25.5 Å². The molecule has 144 valence electrons. The van der Waals surface area contributed by atoms with Crippen molar-refractivity contribution in [3.05, 3.63) is 41.9 Å². The molecule has 0 bridgehead atoms. The molecule has 2 aliphatic heterocycles. The summed E-state index contributed by atoms with van der Waals surface area (Å²) < 4.78 is 16.5. The van der Waals surface area contributed by atoms with Crippen LogP contribution in [0.4, 0.5) is 4.79 Å². The standard InChI is InChI=1S/C19H19N5O4/c20-9-15-18(22-6-5-21-15)28-14-2-1-7-24(11-14)19(25)23-10-13-3-4-16-17(8-13)27-12-26-16/h3-6,8,14H,1-2,7,10-12H2,(H,23,25)/t14-/m0/s1. The van der Waals surface area contributed by atoms with Crippen molar-refractivity contribution < 1.29 is 19.0 Å². The zero-order chi connectivity index (χ0) is 19.3. The van der Waals surface area contributed by atoms with E-state index in [0.29, 0.717) is 31.1 Å². The van der Waals surface area contributed by atoms with Crippen LogP contribution in [0.15, 0.2) is 30.6 Å². The molecule has 0 aliphatic carbocycles. The van der Waals surface area contributed by atoms with Gasteiger partial charge in [-0.2, -0.15) is 5.26 Å².